The third-order valence-electron chi connectivity index (χ3n) is 4.15. The van der Waals surface area contributed by atoms with Crippen LogP contribution in [0.2, 0.25) is 0 Å². The number of hydrogen-bond donors (Lipinski definition) is 2. The van der Waals surface area contributed by atoms with Gasteiger partial charge in [0.2, 0.25) is 11.8 Å². The van der Waals surface area contributed by atoms with Gasteiger partial charge in [0.1, 0.15) is 0 Å². The number of carbonyl (C=O) groups is 3. The quantitative estimate of drug-likeness (QED) is 0.849. The first kappa shape index (κ1) is 15.9. The molecule has 1 fully saturated rings. The van der Waals surface area contributed by atoms with Gasteiger partial charge in [-0.1, -0.05) is 30.3 Å². The fraction of sp³-hybridized carbons (Fsp3) is 0.211. The van der Waals surface area contributed by atoms with Crippen molar-refractivity contribution in [1.29, 1.82) is 0 Å². The molecule has 5 heteroatoms. The second-order valence-electron chi connectivity index (χ2n) is 5.98. The van der Waals surface area contributed by atoms with E-state index in [9.17, 15) is 14.4 Å². The molecular weight excluding hydrogens is 304 g/mol. The van der Waals surface area contributed by atoms with Crippen molar-refractivity contribution in [3.05, 3.63) is 65.2 Å². The molecule has 0 unspecified atom stereocenters. The van der Waals surface area contributed by atoms with Crippen molar-refractivity contribution >= 4 is 23.4 Å². The molecule has 0 aromatic heterocycles. The minimum atomic E-state index is -0.301. The maximum Gasteiger partial charge on any atom is 0.255 e. The monoisotopic (exact) mass is 322 g/mol. The molecule has 1 atom stereocenters. The number of benzene rings is 2. The number of imide groups is 1. The predicted octanol–water partition coefficient (Wildman–Crippen LogP) is 2.45. The van der Waals surface area contributed by atoms with Crippen molar-refractivity contribution in [3.63, 3.8) is 0 Å². The summed E-state index contributed by atoms with van der Waals surface area (Å²) in [4.78, 5) is 35.1. The summed E-state index contributed by atoms with van der Waals surface area (Å²) in [5, 5.41) is 5.18. The van der Waals surface area contributed by atoms with Gasteiger partial charge >= 0.3 is 0 Å². The number of hydrogen-bond acceptors (Lipinski definition) is 3. The van der Waals surface area contributed by atoms with Crippen molar-refractivity contribution in [1.82, 2.24) is 5.32 Å². The van der Waals surface area contributed by atoms with Crippen LogP contribution in [0.25, 0.3) is 0 Å². The molecule has 3 amide bonds. The van der Waals surface area contributed by atoms with Gasteiger partial charge in [-0.2, -0.15) is 0 Å². The first-order valence-corrected chi connectivity index (χ1v) is 7.82. The van der Waals surface area contributed by atoms with E-state index in [-0.39, 0.29) is 30.1 Å². The zero-order chi connectivity index (χ0) is 17.1. The van der Waals surface area contributed by atoms with Gasteiger partial charge in [0.15, 0.2) is 0 Å². The van der Waals surface area contributed by atoms with E-state index in [2.05, 4.69) is 10.6 Å². The Hall–Kier alpha value is -2.95. The summed E-state index contributed by atoms with van der Waals surface area (Å²) in [5.41, 5.74) is 3.21. The molecule has 0 bridgehead atoms. The van der Waals surface area contributed by atoms with Gasteiger partial charge in [0.05, 0.1) is 5.92 Å². The van der Waals surface area contributed by atoms with Gasteiger partial charge < -0.3 is 5.32 Å². The van der Waals surface area contributed by atoms with Crippen molar-refractivity contribution in [2.75, 3.05) is 5.32 Å². The van der Waals surface area contributed by atoms with E-state index in [1.54, 1.807) is 18.2 Å². The molecule has 2 N–H and O–H groups in total. The Bertz CT molecular complexity index is 797. The number of amides is 3. The SMILES string of the molecule is Cc1ccccc1C(=O)Nc1ccc(C[C@H]2CC(=O)NC2=O)cc1. The summed E-state index contributed by atoms with van der Waals surface area (Å²) in [6, 6.07) is 14.7. The second kappa shape index (κ2) is 6.66. The van der Waals surface area contributed by atoms with Gasteiger partial charge in [0.25, 0.3) is 5.91 Å². The largest absolute Gasteiger partial charge is 0.322 e. The van der Waals surface area contributed by atoms with Gasteiger partial charge in [-0.3, -0.25) is 19.7 Å². The van der Waals surface area contributed by atoms with E-state index in [0.717, 1.165) is 11.1 Å². The Morgan fingerprint density at radius 2 is 1.83 bits per heavy atom. The number of rotatable bonds is 4. The zero-order valence-corrected chi connectivity index (χ0v) is 13.3. The molecule has 1 aliphatic rings. The molecule has 0 saturated carbocycles. The molecule has 24 heavy (non-hydrogen) atoms. The standard InChI is InChI=1S/C19H18N2O3/c1-12-4-2-3-5-16(12)19(24)20-15-8-6-13(7-9-15)10-14-11-17(22)21-18(14)23/h2-9,14H,10-11H2,1H3,(H,20,24)(H,21,22,23)/t14-/m0/s1. The fourth-order valence-electron chi connectivity index (χ4n) is 2.81. The first-order valence-electron chi connectivity index (χ1n) is 7.82. The summed E-state index contributed by atoms with van der Waals surface area (Å²) in [7, 11) is 0. The van der Waals surface area contributed by atoms with Gasteiger partial charge in [-0.25, -0.2) is 0 Å². The van der Waals surface area contributed by atoms with Crippen molar-refractivity contribution in [3.8, 4) is 0 Å². The Kier molecular flexibility index (Phi) is 4.42. The molecule has 0 spiro atoms. The van der Waals surface area contributed by atoms with Crippen LogP contribution in [-0.4, -0.2) is 17.7 Å². The number of nitrogens with one attached hydrogen (secondary N) is 2. The average molecular weight is 322 g/mol. The van der Waals surface area contributed by atoms with Gasteiger partial charge in [-0.05, 0) is 42.7 Å². The molecule has 2 aromatic carbocycles. The topological polar surface area (TPSA) is 75.3 Å². The highest BCUT2D eigenvalue weighted by Crippen LogP contribution is 2.19. The van der Waals surface area contributed by atoms with Crippen LogP contribution >= 0.6 is 0 Å². The number of aryl methyl sites for hydroxylation is 1. The van der Waals surface area contributed by atoms with Crippen LogP contribution < -0.4 is 10.6 Å². The minimum Gasteiger partial charge on any atom is -0.322 e. The third kappa shape index (κ3) is 3.51. The summed E-state index contributed by atoms with van der Waals surface area (Å²) in [5.74, 6) is -0.879. The maximum absolute atomic E-state index is 12.3. The zero-order valence-electron chi connectivity index (χ0n) is 13.3. The van der Waals surface area contributed by atoms with Crippen molar-refractivity contribution in [2.24, 2.45) is 5.92 Å². The van der Waals surface area contributed by atoms with Crippen LogP contribution in [0, 0.1) is 12.8 Å². The maximum atomic E-state index is 12.3. The molecule has 0 aliphatic carbocycles. The first-order chi connectivity index (χ1) is 11.5. The highest BCUT2D eigenvalue weighted by molar-refractivity contribution is 6.05. The average Bonchev–Trinajstić information content (AvgIpc) is 2.87. The number of anilines is 1. The van der Waals surface area contributed by atoms with Crippen molar-refractivity contribution in [2.45, 2.75) is 19.8 Å². The van der Waals surface area contributed by atoms with E-state index in [4.69, 9.17) is 0 Å². The highest BCUT2D eigenvalue weighted by Gasteiger charge is 2.30. The highest BCUT2D eigenvalue weighted by atomic mass is 16.2. The van der Waals surface area contributed by atoms with E-state index in [1.165, 1.54) is 0 Å². The van der Waals surface area contributed by atoms with Crippen LogP contribution in [0.3, 0.4) is 0 Å². The Balaban J connectivity index is 1.64. The Morgan fingerprint density at radius 3 is 2.46 bits per heavy atom. The normalized spacial score (nSPS) is 16.8. The molecule has 1 saturated heterocycles. The minimum absolute atomic E-state index is 0.151. The van der Waals surface area contributed by atoms with Crippen LogP contribution in [-0.2, 0) is 16.0 Å². The molecule has 5 nitrogen and oxygen atoms in total. The molecule has 2 aromatic rings. The summed E-state index contributed by atoms with van der Waals surface area (Å²) in [6.45, 7) is 1.89. The van der Waals surface area contributed by atoms with Gasteiger partial charge in [0, 0.05) is 17.7 Å². The molecule has 0 radical (unpaired) electrons. The Morgan fingerprint density at radius 1 is 1.12 bits per heavy atom. The molecule has 3 rings (SSSR count). The van der Waals surface area contributed by atoms with Crippen LogP contribution in [0.1, 0.15) is 27.9 Å². The molecule has 1 heterocycles. The third-order valence-corrected chi connectivity index (χ3v) is 4.15. The lowest BCUT2D eigenvalue weighted by molar-refractivity contribution is -0.125. The summed E-state index contributed by atoms with van der Waals surface area (Å²) < 4.78 is 0. The van der Waals surface area contributed by atoms with Crippen LogP contribution in [0.4, 0.5) is 5.69 Å². The molecule has 122 valence electrons. The second-order valence-corrected chi connectivity index (χ2v) is 5.98. The number of carbonyl (C=O) groups excluding carboxylic acids is 3. The van der Waals surface area contributed by atoms with E-state index in [0.29, 0.717) is 17.7 Å². The predicted molar refractivity (Wildman–Crippen MR) is 90.5 cm³/mol. The summed E-state index contributed by atoms with van der Waals surface area (Å²) in [6.07, 6.45) is 0.758. The smallest absolute Gasteiger partial charge is 0.255 e. The van der Waals surface area contributed by atoms with Gasteiger partial charge in [-0.15, -0.1) is 0 Å². The summed E-state index contributed by atoms with van der Waals surface area (Å²) >= 11 is 0. The lowest BCUT2D eigenvalue weighted by atomic mass is 9.98. The van der Waals surface area contributed by atoms with E-state index in [1.807, 2.05) is 37.3 Å². The van der Waals surface area contributed by atoms with Crippen LogP contribution in [0.5, 0.6) is 0 Å². The van der Waals surface area contributed by atoms with Crippen LogP contribution in [0.15, 0.2) is 48.5 Å². The van der Waals surface area contributed by atoms with E-state index >= 15 is 0 Å². The lowest BCUT2D eigenvalue weighted by Crippen LogP contribution is -2.22. The molecule has 1 aliphatic heterocycles. The van der Waals surface area contributed by atoms with E-state index < -0.39 is 0 Å². The Labute approximate surface area is 140 Å². The lowest BCUT2D eigenvalue weighted by Gasteiger charge is -2.09. The fourth-order valence-corrected chi connectivity index (χ4v) is 2.81. The molecular formula is C19H18N2O3. The van der Waals surface area contributed by atoms with Crippen molar-refractivity contribution < 1.29 is 14.4 Å².